The molecule has 0 aliphatic heterocycles. The summed E-state index contributed by atoms with van der Waals surface area (Å²) in [7, 11) is 1.07. The zero-order valence-corrected chi connectivity index (χ0v) is 9.42. The number of hydrogen-bond donors (Lipinski definition) is 1. The molecule has 0 unspecified atom stereocenters. The Hall–Kier alpha value is -1.63. The number of rotatable bonds is 3. The predicted octanol–water partition coefficient (Wildman–Crippen LogP) is 1.89. The van der Waals surface area contributed by atoms with Crippen molar-refractivity contribution in [2.24, 2.45) is 5.73 Å². The molecule has 0 aliphatic carbocycles. The first kappa shape index (κ1) is 14.4. The molecule has 1 rings (SSSR count). The van der Waals surface area contributed by atoms with E-state index >= 15 is 0 Å². The van der Waals surface area contributed by atoms with Gasteiger partial charge >= 0.3 is 12.1 Å². The van der Waals surface area contributed by atoms with Crippen LogP contribution in [0.5, 0.6) is 0 Å². The van der Waals surface area contributed by atoms with Gasteiger partial charge in [-0.2, -0.15) is 13.2 Å². The van der Waals surface area contributed by atoms with Crippen molar-refractivity contribution in [3.63, 3.8) is 0 Å². The van der Waals surface area contributed by atoms with E-state index < -0.39 is 36.0 Å². The van der Waals surface area contributed by atoms with Gasteiger partial charge in [-0.05, 0) is 18.1 Å². The number of nitrogens with two attached hydrogens (primary N) is 1. The number of methoxy groups -OCH3 is 1. The number of esters is 1. The summed E-state index contributed by atoms with van der Waals surface area (Å²) in [5.41, 5.74) is 3.58. The van der Waals surface area contributed by atoms with E-state index in [1.165, 1.54) is 0 Å². The predicted molar refractivity (Wildman–Crippen MR) is 55.1 cm³/mol. The highest BCUT2D eigenvalue weighted by Crippen LogP contribution is 2.34. The van der Waals surface area contributed by atoms with Gasteiger partial charge in [0.25, 0.3) is 0 Å². The molecule has 0 fully saturated rings. The van der Waals surface area contributed by atoms with E-state index in [0.29, 0.717) is 6.07 Å². The molecule has 100 valence electrons. The molecule has 0 radical (unpaired) electrons. The van der Waals surface area contributed by atoms with E-state index in [2.05, 4.69) is 4.74 Å². The van der Waals surface area contributed by atoms with Crippen molar-refractivity contribution >= 4 is 5.97 Å². The van der Waals surface area contributed by atoms with Crippen LogP contribution in [-0.2, 0) is 22.1 Å². The number of halogens is 4. The zero-order valence-electron chi connectivity index (χ0n) is 9.42. The minimum absolute atomic E-state index is 0.375. The summed E-state index contributed by atoms with van der Waals surface area (Å²) in [6.07, 6.45) is -5.28. The van der Waals surface area contributed by atoms with Crippen LogP contribution in [0.4, 0.5) is 17.6 Å². The van der Waals surface area contributed by atoms with E-state index in [1.807, 2.05) is 0 Å². The van der Waals surface area contributed by atoms with Crippen LogP contribution in [-0.4, -0.2) is 19.1 Å². The highest BCUT2D eigenvalue weighted by atomic mass is 19.4. The van der Waals surface area contributed by atoms with Crippen LogP contribution in [0.3, 0.4) is 0 Å². The summed E-state index contributed by atoms with van der Waals surface area (Å²) in [5.74, 6) is -2.25. The molecule has 0 amide bonds. The van der Waals surface area contributed by atoms with Crippen molar-refractivity contribution in [1.82, 2.24) is 0 Å². The van der Waals surface area contributed by atoms with Crippen LogP contribution < -0.4 is 5.73 Å². The topological polar surface area (TPSA) is 52.3 Å². The van der Waals surface area contributed by atoms with Gasteiger partial charge in [0.05, 0.1) is 12.7 Å². The fourth-order valence-electron chi connectivity index (χ4n) is 1.53. The smallest absolute Gasteiger partial charge is 0.419 e. The van der Waals surface area contributed by atoms with Crippen molar-refractivity contribution < 1.29 is 27.1 Å². The fourth-order valence-corrected chi connectivity index (χ4v) is 1.53. The summed E-state index contributed by atoms with van der Waals surface area (Å²) < 4.78 is 55.4. The molecule has 0 aliphatic rings. The molecule has 2 N–H and O–H groups in total. The molecule has 1 aromatic carbocycles. The van der Waals surface area contributed by atoms with Gasteiger partial charge in [-0.1, -0.05) is 12.1 Å². The third kappa shape index (κ3) is 3.19. The van der Waals surface area contributed by atoms with E-state index in [9.17, 15) is 22.4 Å². The lowest BCUT2D eigenvalue weighted by Gasteiger charge is -2.15. The lowest BCUT2D eigenvalue weighted by atomic mass is 9.99. The maximum atomic E-state index is 13.2. The molecular formula is C11H11F4NO2. The first-order valence-corrected chi connectivity index (χ1v) is 4.95. The molecule has 0 spiro atoms. The van der Waals surface area contributed by atoms with Crippen LogP contribution in [0, 0.1) is 5.82 Å². The van der Waals surface area contributed by atoms with Gasteiger partial charge in [0.2, 0.25) is 0 Å². The number of benzene rings is 1. The minimum atomic E-state index is -4.84. The van der Waals surface area contributed by atoms with Gasteiger partial charge in [-0.3, -0.25) is 4.79 Å². The third-order valence-corrected chi connectivity index (χ3v) is 2.33. The normalized spacial score (nSPS) is 13.2. The largest absolute Gasteiger partial charge is 0.468 e. The number of carbonyl (C=O) groups is 1. The van der Waals surface area contributed by atoms with Crippen molar-refractivity contribution in [2.75, 3.05) is 7.11 Å². The Morgan fingerprint density at radius 2 is 2.06 bits per heavy atom. The Kier molecular flexibility index (Phi) is 4.28. The minimum Gasteiger partial charge on any atom is -0.468 e. The number of ether oxygens (including phenoxy) is 1. The molecule has 0 heterocycles. The molecule has 0 aromatic heterocycles. The molecule has 1 atom stereocenters. The van der Waals surface area contributed by atoms with Gasteiger partial charge in [0, 0.05) is 0 Å². The summed E-state index contributed by atoms with van der Waals surface area (Å²) in [6, 6.07) is 1.65. The Balaban J connectivity index is 3.10. The van der Waals surface area contributed by atoms with Gasteiger partial charge in [-0.15, -0.1) is 0 Å². The van der Waals surface area contributed by atoms with Gasteiger partial charge < -0.3 is 10.5 Å². The molecular weight excluding hydrogens is 254 g/mol. The average Bonchev–Trinajstić information content (AvgIpc) is 2.26. The number of carbonyl (C=O) groups excluding carboxylic acids is 1. The second kappa shape index (κ2) is 5.34. The van der Waals surface area contributed by atoms with Gasteiger partial charge in [-0.25, -0.2) is 4.39 Å². The van der Waals surface area contributed by atoms with E-state index in [-0.39, 0.29) is 5.56 Å². The standard InChI is InChI=1S/C11H11F4NO2/c1-18-10(17)8(16)5-6-3-2-4-7(12)9(6)11(13,14)15/h2-4,8H,5,16H2,1H3/t8-/m0/s1. The lowest BCUT2D eigenvalue weighted by Crippen LogP contribution is -2.34. The first-order chi connectivity index (χ1) is 8.27. The van der Waals surface area contributed by atoms with Crippen molar-refractivity contribution in [2.45, 2.75) is 18.6 Å². The van der Waals surface area contributed by atoms with Crippen LogP contribution in [0.2, 0.25) is 0 Å². The molecule has 0 bridgehead atoms. The van der Waals surface area contributed by atoms with Gasteiger partial charge in [0.1, 0.15) is 11.9 Å². The van der Waals surface area contributed by atoms with Crippen LogP contribution in [0.25, 0.3) is 0 Å². The van der Waals surface area contributed by atoms with Crippen LogP contribution >= 0.6 is 0 Å². The number of hydrogen-bond acceptors (Lipinski definition) is 3. The van der Waals surface area contributed by atoms with E-state index in [0.717, 1.165) is 19.2 Å². The lowest BCUT2D eigenvalue weighted by molar-refractivity contribution is -0.144. The highest BCUT2D eigenvalue weighted by molar-refractivity contribution is 5.75. The summed E-state index contributed by atoms with van der Waals surface area (Å²) in [5, 5.41) is 0. The number of alkyl halides is 3. The molecule has 0 saturated carbocycles. The summed E-state index contributed by atoms with van der Waals surface area (Å²) >= 11 is 0. The fraction of sp³-hybridized carbons (Fsp3) is 0.364. The van der Waals surface area contributed by atoms with Crippen LogP contribution in [0.1, 0.15) is 11.1 Å². The van der Waals surface area contributed by atoms with Crippen LogP contribution in [0.15, 0.2) is 18.2 Å². The summed E-state index contributed by atoms with van der Waals surface area (Å²) in [6.45, 7) is 0. The maximum absolute atomic E-state index is 13.2. The molecule has 3 nitrogen and oxygen atoms in total. The summed E-state index contributed by atoms with van der Waals surface area (Å²) in [4.78, 5) is 11.0. The van der Waals surface area contributed by atoms with E-state index in [4.69, 9.17) is 5.73 Å². The second-order valence-corrected chi connectivity index (χ2v) is 3.61. The first-order valence-electron chi connectivity index (χ1n) is 4.95. The Morgan fingerprint density at radius 1 is 1.44 bits per heavy atom. The van der Waals surface area contributed by atoms with Crippen molar-refractivity contribution in [1.29, 1.82) is 0 Å². The third-order valence-electron chi connectivity index (χ3n) is 2.33. The van der Waals surface area contributed by atoms with E-state index in [1.54, 1.807) is 0 Å². The Labute approximate surface area is 101 Å². The molecule has 0 saturated heterocycles. The Bertz CT molecular complexity index is 445. The zero-order chi connectivity index (χ0) is 13.9. The monoisotopic (exact) mass is 265 g/mol. The molecule has 1 aromatic rings. The van der Waals surface area contributed by atoms with Crippen molar-refractivity contribution in [3.05, 3.63) is 35.1 Å². The average molecular weight is 265 g/mol. The Morgan fingerprint density at radius 3 is 2.56 bits per heavy atom. The van der Waals surface area contributed by atoms with Crippen molar-refractivity contribution in [3.8, 4) is 0 Å². The van der Waals surface area contributed by atoms with Gasteiger partial charge in [0.15, 0.2) is 0 Å². The highest BCUT2D eigenvalue weighted by Gasteiger charge is 2.37. The SMILES string of the molecule is COC(=O)[C@@H](N)Cc1cccc(F)c1C(F)(F)F. The molecule has 7 heteroatoms. The quantitative estimate of drug-likeness (QED) is 0.670. The maximum Gasteiger partial charge on any atom is 0.419 e. The second-order valence-electron chi connectivity index (χ2n) is 3.61. The molecule has 18 heavy (non-hydrogen) atoms.